The van der Waals surface area contributed by atoms with E-state index < -0.39 is 9.84 Å². The SMILES string of the molecule is CCS(=O)(=O)c1c(N)nsc1NC1CCCCC1(C)C. The van der Waals surface area contributed by atoms with E-state index in [9.17, 15) is 8.42 Å². The minimum absolute atomic E-state index is 0.0400. The van der Waals surface area contributed by atoms with Crippen molar-refractivity contribution in [3.8, 4) is 0 Å². The third-order valence-electron chi connectivity index (χ3n) is 4.18. The van der Waals surface area contributed by atoms with Crippen molar-refractivity contribution >= 4 is 32.2 Å². The summed E-state index contributed by atoms with van der Waals surface area (Å²) in [5.41, 5.74) is 5.91. The molecule has 1 aliphatic carbocycles. The molecule has 0 aromatic carbocycles. The quantitative estimate of drug-likeness (QED) is 0.892. The predicted molar refractivity (Wildman–Crippen MR) is 83.9 cm³/mol. The van der Waals surface area contributed by atoms with E-state index in [2.05, 4.69) is 23.5 Å². The molecule has 3 N–H and O–H groups in total. The molecule has 0 bridgehead atoms. The molecule has 1 saturated carbocycles. The Balaban J connectivity index is 2.31. The molecule has 1 aliphatic rings. The van der Waals surface area contributed by atoms with Gasteiger partial charge in [-0.3, -0.25) is 0 Å². The average molecular weight is 317 g/mol. The normalized spacial score (nSPS) is 22.6. The van der Waals surface area contributed by atoms with E-state index in [4.69, 9.17) is 5.73 Å². The second kappa shape index (κ2) is 5.52. The largest absolute Gasteiger partial charge is 0.382 e. The number of aromatic nitrogens is 1. The molecule has 1 atom stereocenters. The lowest BCUT2D eigenvalue weighted by molar-refractivity contribution is 0.217. The fourth-order valence-corrected chi connectivity index (χ4v) is 4.96. The van der Waals surface area contributed by atoms with Crippen molar-refractivity contribution in [3.05, 3.63) is 0 Å². The third kappa shape index (κ3) is 2.93. The van der Waals surface area contributed by atoms with Crippen LogP contribution in [0.3, 0.4) is 0 Å². The lowest BCUT2D eigenvalue weighted by atomic mass is 9.73. The topological polar surface area (TPSA) is 85.1 Å². The maximum atomic E-state index is 12.2. The average Bonchev–Trinajstić information content (AvgIpc) is 2.74. The van der Waals surface area contributed by atoms with Crippen LogP contribution in [0.1, 0.15) is 46.5 Å². The van der Waals surface area contributed by atoms with Crippen LogP contribution in [0, 0.1) is 5.41 Å². The van der Waals surface area contributed by atoms with Crippen molar-refractivity contribution in [1.82, 2.24) is 4.37 Å². The Morgan fingerprint density at radius 1 is 1.45 bits per heavy atom. The minimum atomic E-state index is -3.34. The summed E-state index contributed by atoms with van der Waals surface area (Å²) in [7, 11) is -3.34. The first-order valence-electron chi connectivity index (χ1n) is 7.02. The standard InChI is InChI=1S/C13H23N3O2S2/c1-4-20(17,18)10-11(14)16-19-12(10)15-9-7-5-6-8-13(9,2)3/h9,15H,4-8H2,1-3H3,(H2,14,16). The van der Waals surface area contributed by atoms with Gasteiger partial charge in [-0.15, -0.1) is 0 Å². The van der Waals surface area contributed by atoms with Crippen LogP contribution < -0.4 is 11.1 Å². The highest BCUT2D eigenvalue weighted by atomic mass is 32.2. The Kier molecular flexibility index (Phi) is 4.30. The van der Waals surface area contributed by atoms with Gasteiger partial charge in [0.2, 0.25) is 0 Å². The number of nitrogens with one attached hydrogen (secondary N) is 1. The van der Waals surface area contributed by atoms with Gasteiger partial charge in [-0.05, 0) is 29.8 Å². The van der Waals surface area contributed by atoms with Crippen LogP contribution in [0.5, 0.6) is 0 Å². The van der Waals surface area contributed by atoms with Gasteiger partial charge in [-0.2, -0.15) is 4.37 Å². The molecule has 1 aromatic heterocycles. The van der Waals surface area contributed by atoms with Gasteiger partial charge in [0.1, 0.15) is 9.90 Å². The van der Waals surface area contributed by atoms with E-state index in [0.29, 0.717) is 5.00 Å². The van der Waals surface area contributed by atoms with Gasteiger partial charge in [0.05, 0.1) is 5.75 Å². The van der Waals surface area contributed by atoms with Crippen molar-refractivity contribution in [3.63, 3.8) is 0 Å². The first-order valence-corrected chi connectivity index (χ1v) is 9.45. The van der Waals surface area contributed by atoms with Gasteiger partial charge in [0.15, 0.2) is 15.7 Å². The predicted octanol–water partition coefficient (Wildman–Crippen LogP) is 2.90. The van der Waals surface area contributed by atoms with E-state index in [1.807, 2.05) is 0 Å². The number of rotatable bonds is 4. The summed E-state index contributed by atoms with van der Waals surface area (Å²) in [5, 5.41) is 4.00. The zero-order valence-corrected chi connectivity index (χ0v) is 13.9. The van der Waals surface area contributed by atoms with Crippen molar-refractivity contribution in [2.75, 3.05) is 16.8 Å². The van der Waals surface area contributed by atoms with Crippen molar-refractivity contribution in [1.29, 1.82) is 0 Å². The molecule has 0 radical (unpaired) electrons. The number of nitrogens with two attached hydrogens (primary N) is 1. The Hall–Kier alpha value is -0.820. The summed E-state index contributed by atoms with van der Waals surface area (Å²) in [6, 6.07) is 0.266. The number of nitrogens with zero attached hydrogens (tertiary/aromatic N) is 1. The fraction of sp³-hybridized carbons (Fsp3) is 0.769. The van der Waals surface area contributed by atoms with Gasteiger partial charge < -0.3 is 11.1 Å². The maximum absolute atomic E-state index is 12.2. The molecular weight excluding hydrogens is 294 g/mol. The number of hydrogen-bond acceptors (Lipinski definition) is 6. The molecular formula is C13H23N3O2S2. The second-order valence-electron chi connectivity index (χ2n) is 6.06. The summed E-state index contributed by atoms with van der Waals surface area (Å²) in [6.45, 7) is 6.07. The summed E-state index contributed by atoms with van der Waals surface area (Å²) in [4.78, 5) is 0.186. The van der Waals surface area contributed by atoms with Gasteiger partial charge in [-0.25, -0.2) is 8.42 Å². The zero-order valence-electron chi connectivity index (χ0n) is 12.3. The first kappa shape index (κ1) is 15.6. The molecule has 0 saturated heterocycles. The third-order valence-corrected chi connectivity index (χ3v) is 6.89. The lowest BCUT2D eigenvalue weighted by Crippen LogP contribution is -2.39. The number of hydrogen-bond donors (Lipinski definition) is 2. The molecule has 1 unspecified atom stereocenters. The zero-order chi connectivity index (χ0) is 15.0. The molecule has 0 aliphatic heterocycles. The minimum Gasteiger partial charge on any atom is -0.382 e. The number of nitrogen functional groups attached to an aromatic ring is 1. The van der Waals surface area contributed by atoms with Gasteiger partial charge in [0.25, 0.3) is 0 Å². The first-order chi connectivity index (χ1) is 9.28. The van der Waals surface area contributed by atoms with Gasteiger partial charge in [-0.1, -0.05) is 33.6 Å². The van der Waals surface area contributed by atoms with Crippen molar-refractivity contribution in [2.24, 2.45) is 5.41 Å². The highest BCUT2D eigenvalue weighted by molar-refractivity contribution is 7.91. The maximum Gasteiger partial charge on any atom is 0.184 e. The van der Waals surface area contributed by atoms with Crippen LogP contribution >= 0.6 is 11.5 Å². The summed E-state index contributed by atoms with van der Waals surface area (Å²) in [5.74, 6) is 0.159. The van der Waals surface area contributed by atoms with E-state index in [1.165, 1.54) is 12.8 Å². The molecule has 0 spiro atoms. The molecule has 1 fully saturated rings. The molecule has 1 heterocycles. The van der Waals surface area contributed by atoms with Crippen LogP contribution in [-0.2, 0) is 9.84 Å². The highest BCUT2D eigenvalue weighted by Gasteiger charge is 2.34. The Bertz CT molecular complexity index is 578. The fourth-order valence-electron chi connectivity index (χ4n) is 2.75. The van der Waals surface area contributed by atoms with E-state index >= 15 is 0 Å². The van der Waals surface area contributed by atoms with Crippen LogP contribution in [0.4, 0.5) is 10.8 Å². The van der Waals surface area contributed by atoms with E-state index in [-0.39, 0.29) is 27.9 Å². The molecule has 5 nitrogen and oxygen atoms in total. The van der Waals surface area contributed by atoms with Gasteiger partial charge >= 0.3 is 0 Å². The molecule has 114 valence electrons. The Labute approximate surface area is 125 Å². The smallest absolute Gasteiger partial charge is 0.184 e. The van der Waals surface area contributed by atoms with Gasteiger partial charge in [0, 0.05) is 6.04 Å². The summed E-state index contributed by atoms with van der Waals surface area (Å²) < 4.78 is 28.3. The molecule has 0 amide bonds. The van der Waals surface area contributed by atoms with Crippen LogP contribution in [0.25, 0.3) is 0 Å². The Morgan fingerprint density at radius 3 is 2.75 bits per heavy atom. The summed E-state index contributed by atoms with van der Waals surface area (Å²) in [6.07, 6.45) is 4.60. The molecule has 20 heavy (non-hydrogen) atoms. The van der Waals surface area contributed by atoms with Crippen LogP contribution in [0.15, 0.2) is 4.90 Å². The van der Waals surface area contributed by atoms with E-state index in [0.717, 1.165) is 24.4 Å². The Morgan fingerprint density at radius 2 is 2.15 bits per heavy atom. The van der Waals surface area contributed by atoms with Crippen LogP contribution in [0.2, 0.25) is 0 Å². The van der Waals surface area contributed by atoms with E-state index in [1.54, 1.807) is 6.92 Å². The molecule has 1 aromatic rings. The lowest BCUT2D eigenvalue weighted by Gasteiger charge is -2.39. The van der Waals surface area contributed by atoms with Crippen LogP contribution in [-0.4, -0.2) is 24.6 Å². The second-order valence-corrected chi connectivity index (χ2v) is 9.05. The van der Waals surface area contributed by atoms with Crippen molar-refractivity contribution < 1.29 is 8.42 Å². The molecule has 7 heteroatoms. The number of sulfone groups is 1. The molecule has 2 rings (SSSR count). The monoisotopic (exact) mass is 317 g/mol. The van der Waals surface area contributed by atoms with Crippen molar-refractivity contribution in [2.45, 2.75) is 57.4 Å². The summed E-state index contributed by atoms with van der Waals surface area (Å²) >= 11 is 1.15. The highest BCUT2D eigenvalue weighted by Crippen LogP contribution is 2.40. The number of anilines is 2.